The summed E-state index contributed by atoms with van der Waals surface area (Å²) in [5.74, 6) is 1.42. The number of aryl methyl sites for hydroxylation is 1. The van der Waals surface area contributed by atoms with Gasteiger partial charge in [0.1, 0.15) is 16.5 Å². The highest BCUT2D eigenvalue weighted by Crippen LogP contribution is 2.55. The molecule has 6 N–H and O–H groups in total. The fourth-order valence-corrected chi connectivity index (χ4v) is 7.16. The van der Waals surface area contributed by atoms with Crippen molar-refractivity contribution in [2.24, 2.45) is 5.92 Å². The molecular formula is C25H32N7OS+. The highest BCUT2D eigenvalue weighted by Gasteiger charge is 2.52. The van der Waals surface area contributed by atoms with Crippen LogP contribution in [0.15, 0.2) is 23.6 Å². The van der Waals surface area contributed by atoms with Gasteiger partial charge < -0.3 is 21.1 Å². The molecule has 0 amide bonds. The molecule has 1 aliphatic heterocycles. The van der Waals surface area contributed by atoms with E-state index < -0.39 is 5.41 Å². The molecule has 1 saturated heterocycles. The third kappa shape index (κ3) is 3.75. The third-order valence-corrected chi connectivity index (χ3v) is 8.54. The van der Waals surface area contributed by atoms with Crippen LogP contribution in [0.2, 0.25) is 0 Å². The van der Waals surface area contributed by atoms with Crippen molar-refractivity contribution in [1.29, 1.82) is 10.7 Å². The summed E-state index contributed by atoms with van der Waals surface area (Å²) in [6, 6.07) is 4.11. The monoisotopic (exact) mass is 478 g/mol. The minimum absolute atomic E-state index is 0.293. The normalized spacial score (nSPS) is 25.1. The van der Waals surface area contributed by atoms with Gasteiger partial charge in [0, 0.05) is 36.3 Å². The maximum Gasteiger partial charge on any atom is 0.245 e. The quantitative estimate of drug-likeness (QED) is 0.458. The average molecular weight is 479 g/mol. The first-order chi connectivity index (χ1) is 16.4. The number of nitrogens with one attached hydrogen (secondary N) is 2. The SMILES string of the molecule is CC1CC(C(=N)c2ccnc(N3CCCNCC3)n2)=C([OH2+])C2(CCCc3sc(N)c(C#N)c32)C1. The Kier molecular flexibility index (Phi) is 6.04. The van der Waals surface area contributed by atoms with Crippen LogP contribution in [0.4, 0.5) is 10.9 Å². The summed E-state index contributed by atoms with van der Waals surface area (Å²) >= 11 is 1.50. The summed E-state index contributed by atoms with van der Waals surface area (Å²) in [4.78, 5) is 12.6. The van der Waals surface area contributed by atoms with Crippen LogP contribution in [0.3, 0.4) is 0 Å². The van der Waals surface area contributed by atoms with Crippen molar-refractivity contribution in [1.82, 2.24) is 15.3 Å². The van der Waals surface area contributed by atoms with Gasteiger partial charge in [0.05, 0.1) is 22.5 Å². The molecule has 0 aromatic carbocycles. The van der Waals surface area contributed by atoms with Crippen LogP contribution in [0.5, 0.6) is 0 Å². The summed E-state index contributed by atoms with van der Waals surface area (Å²) in [5.41, 5.74) is 8.81. The summed E-state index contributed by atoms with van der Waals surface area (Å²) < 4.78 is 0. The molecule has 2 unspecified atom stereocenters. The van der Waals surface area contributed by atoms with Crippen LogP contribution in [0.25, 0.3) is 0 Å². The van der Waals surface area contributed by atoms with Crippen molar-refractivity contribution < 1.29 is 5.11 Å². The van der Waals surface area contributed by atoms with E-state index in [1.807, 2.05) is 0 Å². The molecule has 0 bridgehead atoms. The Morgan fingerprint density at radius 3 is 3.06 bits per heavy atom. The van der Waals surface area contributed by atoms with Crippen LogP contribution < -0.4 is 16.0 Å². The minimum Gasteiger partial charge on any atom is -0.596 e. The van der Waals surface area contributed by atoms with Crippen molar-refractivity contribution in [2.45, 2.75) is 50.9 Å². The lowest BCUT2D eigenvalue weighted by Gasteiger charge is -2.40. The number of anilines is 2. The van der Waals surface area contributed by atoms with E-state index in [-0.39, 0.29) is 0 Å². The predicted molar refractivity (Wildman–Crippen MR) is 136 cm³/mol. The number of nitriles is 1. The maximum atomic E-state index is 9.89. The van der Waals surface area contributed by atoms with Crippen molar-refractivity contribution in [3.05, 3.63) is 45.3 Å². The second kappa shape index (κ2) is 9.01. The first-order valence-electron chi connectivity index (χ1n) is 12.1. The molecule has 1 spiro atoms. The second-order valence-corrected chi connectivity index (χ2v) is 10.9. The lowest BCUT2D eigenvalue weighted by Crippen LogP contribution is -2.40. The Morgan fingerprint density at radius 2 is 2.24 bits per heavy atom. The number of hydrogen-bond donors (Lipinski definition) is 3. The van der Waals surface area contributed by atoms with Crippen molar-refractivity contribution in [3.63, 3.8) is 0 Å². The summed E-state index contributed by atoms with van der Waals surface area (Å²) in [7, 11) is 0. The van der Waals surface area contributed by atoms with E-state index >= 15 is 0 Å². The van der Waals surface area contributed by atoms with E-state index in [0.717, 1.165) is 74.3 Å². The Bertz CT molecular complexity index is 1190. The van der Waals surface area contributed by atoms with Gasteiger partial charge >= 0.3 is 0 Å². The zero-order chi connectivity index (χ0) is 23.9. The molecule has 2 aromatic heterocycles. The Labute approximate surface area is 204 Å². The van der Waals surface area contributed by atoms with Gasteiger partial charge in [0.2, 0.25) is 11.7 Å². The Hall–Kier alpha value is -2.96. The number of fused-ring (bicyclic) bond motifs is 2. The van der Waals surface area contributed by atoms with Crippen LogP contribution in [0, 0.1) is 22.7 Å². The molecule has 9 heteroatoms. The van der Waals surface area contributed by atoms with Crippen molar-refractivity contribution in [2.75, 3.05) is 36.8 Å². The maximum absolute atomic E-state index is 9.89. The Morgan fingerprint density at radius 1 is 1.38 bits per heavy atom. The summed E-state index contributed by atoms with van der Waals surface area (Å²) in [6.07, 6.45) is 6.93. The number of aromatic nitrogens is 2. The van der Waals surface area contributed by atoms with E-state index in [1.165, 1.54) is 11.3 Å². The Balaban J connectivity index is 1.56. The third-order valence-electron chi connectivity index (χ3n) is 7.46. The molecule has 3 heterocycles. The molecular weight excluding hydrogens is 446 g/mol. The highest BCUT2D eigenvalue weighted by atomic mass is 32.1. The lowest BCUT2D eigenvalue weighted by molar-refractivity contribution is 0.206. The molecule has 5 rings (SSSR count). The van der Waals surface area contributed by atoms with E-state index in [4.69, 9.17) is 16.1 Å². The average Bonchev–Trinajstić information content (AvgIpc) is 2.99. The molecule has 2 aromatic rings. The van der Waals surface area contributed by atoms with Gasteiger partial charge in [0.25, 0.3) is 0 Å². The lowest BCUT2D eigenvalue weighted by atomic mass is 9.61. The van der Waals surface area contributed by atoms with Gasteiger partial charge in [-0.05, 0) is 57.1 Å². The molecule has 178 valence electrons. The number of rotatable bonds is 3. The van der Waals surface area contributed by atoms with Crippen LogP contribution in [0.1, 0.15) is 60.7 Å². The molecule has 2 aliphatic carbocycles. The number of nitrogen functional groups attached to an aromatic ring is 1. The van der Waals surface area contributed by atoms with Crippen molar-refractivity contribution in [3.8, 4) is 6.07 Å². The zero-order valence-corrected chi connectivity index (χ0v) is 20.4. The first kappa shape index (κ1) is 22.8. The molecule has 0 radical (unpaired) electrons. The van der Waals surface area contributed by atoms with Gasteiger partial charge in [-0.15, -0.1) is 11.3 Å². The summed E-state index contributed by atoms with van der Waals surface area (Å²) in [5, 5.41) is 32.3. The number of nitrogens with zero attached hydrogens (tertiary/aromatic N) is 4. The van der Waals surface area contributed by atoms with E-state index in [0.29, 0.717) is 46.0 Å². The fraction of sp³-hybridized carbons (Fsp3) is 0.520. The van der Waals surface area contributed by atoms with E-state index in [1.54, 1.807) is 12.3 Å². The van der Waals surface area contributed by atoms with Gasteiger partial charge in [-0.3, -0.25) is 5.41 Å². The number of thiophene rings is 1. The van der Waals surface area contributed by atoms with Gasteiger partial charge in [-0.25, -0.2) is 9.97 Å². The molecule has 34 heavy (non-hydrogen) atoms. The van der Waals surface area contributed by atoms with E-state index in [9.17, 15) is 10.4 Å². The molecule has 3 aliphatic rings. The predicted octanol–water partition coefficient (Wildman–Crippen LogP) is 2.84. The highest BCUT2D eigenvalue weighted by molar-refractivity contribution is 7.16. The largest absolute Gasteiger partial charge is 0.596 e. The zero-order valence-electron chi connectivity index (χ0n) is 19.6. The smallest absolute Gasteiger partial charge is 0.245 e. The topological polar surface area (TPSA) is 138 Å². The number of allylic oxidation sites excluding steroid dienone is 2. The van der Waals surface area contributed by atoms with E-state index in [2.05, 4.69) is 28.2 Å². The van der Waals surface area contributed by atoms with Crippen LogP contribution >= 0.6 is 11.3 Å². The first-order valence-corrected chi connectivity index (χ1v) is 12.9. The van der Waals surface area contributed by atoms with Crippen LogP contribution in [-0.4, -0.2) is 47.0 Å². The van der Waals surface area contributed by atoms with Crippen molar-refractivity contribution >= 4 is 28.0 Å². The molecule has 1 fully saturated rings. The molecule has 8 nitrogen and oxygen atoms in total. The number of hydrogen-bond acceptors (Lipinski definition) is 8. The minimum atomic E-state index is -0.543. The number of nitrogens with two attached hydrogens (primary N) is 1. The standard InChI is InChI=1S/C25H31N7OS/c1-15-12-16(21(27)18-5-8-30-24(31-18)32-10-3-7-29-9-11-32)22(33)25(13-15)6-2-4-19-20(25)17(14-26)23(28)34-19/h5,8,15,27,29,33H,2-4,6-7,9-13,28H2,1H3/p+1. The van der Waals surface area contributed by atoms with Gasteiger partial charge in [-0.1, -0.05) is 6.92 Å². The van der Waals surface area contributed by atoms with Crippen LogP contribution in [-0.2, 0) is 11.8 Å². The molecule has 0 saturated carbocycles. The molecule has 2 atom stereocenters. The second-order valence-electron chi connectivity index (χ2n) is 9.76. The van der Waals surface area contributed by atoms with Gasteiger partial charge in [-0.2, -0.15) is 5.26 Å². The summed E-state index contributed by atoms with van der Waals surface area (Å²) in [6.45, 7) is 5.78. The fourth-order valence-electron chi connectivity index (χ4n) is 6.00. The van der Waals surface area contributed by atoms with Gasteiger partial charge in [0.15, 0.2) is 0 Å².